The van der Waals surface area contributed by atoms with Crippen molar-refractivity contribution in [1.82, 2.24) is 4.90 Å². The maximum atomic E-state index is 12.7. The summed E-state index contributed by atoms with van der Waals surface area (Å²) in [6, 6.07) is 3.32. The third-order valence-corrected chi connectivity index (χ3v) is 5.39. The second-order valence-electron chi connectivity index (χ2n) is 8.36. The van der Waals surface area contributed by atoms with Crippen molar-refractivity contribution >= 4 is 40.1 Å². The first-order chi connectivity index (χ1) is 13.2. The Morgan fingerprint density at radius 2 is 2.00 bits per heavy atom. The van der Waals surface area contributed by atoms with E-state index >= 15 is 0 Å². The number of halogens is 1. The Bertz CT molecular complexity index is 876. The molecule has 1 aliphatic heterocycles. The molecule has 1 aromatic carbocycles. The van der Waals surface area contributed by atoms with Crippen LogP contribution in [0.15, 0.2) is 22.8 Å². The summed E-state index contributed by atoms with van der Waals surface area (Å²) in [6.45, 7) is 6.90. The normalized spacial score (nSPS) is 15.8. The number of nitrogen functional groups attached to an aromatic ring is 1. The van der Waals surface area contributed by atoms with Crippen LogP contribution in [0.5, 0.6) is 0 Å². The molecule has 0 aliphatic carbocycles. The van der Waals surface area contributed by atoms with Gasteiger partial charge in [0.25, 0.3) is 0 Å². The summed E-state index contributed by atoms with van der Waals surface area (Å²) in [5, 5.41) is 1.03. The molecule has 0 bridgehead atoms. The van der Waals surface area contributed by atoms with Gasteiger partial charge in [-0.3, -0.25) is 4.79 Å². The van der Waals surface area contributed by atoms with Crippen molar-refractivity contribution in [2.75, 3.05) is 18.8 Å². The van der Waals surface area contributed by atoms with Crippen molar-refractivity contribution in [3.63, 3.8) is 0 Å². The van der Waals surface area contributed by atoms with Crippen LogP contribution in [0.25, 0.3) is 11.0 Å². The molecule has 0 radical (unpaired) electrons. The number of hydrogen-bond acceptors (Lipinski definition) is 5. The Kier molecular flexibility index (Phi) is 5.89. The van der Waals surface area contributed by atoms with Crippen LogP contribution in [0, 0.1) is 5.92 Å². The third-order valence-electron chi connectivity index (χ3n) is 5.07. The highest BCUT2D eigenvalue weighted by atomic mass is 35.5. The summed E-state index contributed by atoms with van der Waals surface area (Å²) >= 11 is 6.17. The van der Waals surface area contributed by atoms with Crippen molar-refractivity contribution in [2.45, 2.75) is 52.1 Å². The van der Waals surface area contributed by atoms with Gasteiger partial charge in [-0.25, -0.2) is 4.79 Å². The average molecular weight is 407 g/mol. The number of fused-ring (bicyclic) bond motifs is 1. The number of carbonyl (C=O) groups is 2. The van der Waals surface area contributed by atoms with E-state index in [-0.39, 0.29) is 11.9 Å². The van der Waals surface area contributed by atoms with Crippen LogP contribution in [0.3, 0.4) is 0 Å². The predicted molar refractivity (Wildman–Crippen MR) is 110 cm³/mol. The number of hydrogen-bond donors (Lipinski definition) is 1. The highest BCUT2D eigenvalue weighted by Gasteiger charge is 2.27. The number of likely N-dealkylation sites (tertiary alicyclic amines) is 1. The van der Waals surface area contributed by atoms with Gasteiger partial charge in [0.1, 0.15) is 11.2 Å². The minimum atomic E-state index is -0.488. The number of furan rings is 1. The van der Waals surface area contributed by atoms with E-state index in [1.807, 2.05) is 20.8 Å². The number of amides is 1. The van der Waals surface area contributed by atoms with Crippen LogP contribution in [0.4, 0.5) is 10.5 Å². The van der Waals surface area contributed by atoms with Gasteiger partial charge >= 0.3 is 6.09 Å². The average Bonchev–Trinajstić information content (AvgIpc) is 3.11. The van der Waals surface area contributed by atoms with E-state index in [0.717, 1.165) is 19.3 Å². The summed E-state index contributed by atoms with van der Waals surface area (Å²) in [4.78, 5) is 26.6. The Morgan fingerprint density at radius 3 is 2.64 bits per heavy atom. The van der Waals surface area contributed by atoms with Crippen LogP contribution in [-0.4, -0.2) is 35.5 Å². The number of ketones is 1. The number of piperidine rings is 1. The first kappa shape index (κ1) is 20.5. The van der Waals surface area contributed by atoms with Gasteiger partial charge in [-0.1, -0.05) is 11.6 Å². The van der Waals surface area contributed by atoms with Crippen molar-refractivity contribution in [3.05, 3.63) is 29.0 Å². The molecule has 0 unspecified atom stereocenters. The number of Topliss-reactive ketones (excluding diaryl/α,β-unsaturated/α-hetero) is 1. The lowest BCUT2D eigenvalue weighted by Gasteiger charge is -2.33. The lowest BCUT2D eigenvalue weighted by Crippen LogP contribution is -2.41. The monoisotopic (exact) mass is 406 g/mol. The molecule has 0 saturated carbocycles. The fourth-order valence-electron chi connectivity index (χ4n) is 3.54. The van der Waals surface area contributed by atoms with Crippen LogP contribution in [0.1, 0.15) is 56.8 Å². The highest BCUT2D eigenvalue weighted by molar-refractivity contribution is 6.35. The summed E-state index contributed by atoms with van der Waals surface area (Å²) in [7, 11) is 0. The molecule has 2 N–H and O–H groups in total. The minimum Gasteiger partial charge on any atom is -0.463 e. The van der Waals surface area contributed by atoms with Gasteiger partial charge < -0.3 is 19.8 Å². The summed E-state index contributed by atoms with van der Waals surface area (Å²) in [5.74, 6) is 0.399. The second-order valence-corrected chi connectivity index (χ2v) is 8.76. The SMILES string of the molecule is CC(C)(C)OC(=O)N1CCC(CCC(=O)c2cc(Cl)c(N)c3ccoc23)CC1. The molecule has 3 rings (SSSR count). The van der Waals surface area contributed by atoms with E-state index in [1.54, 1.807) is 17.0 Å². The van der Waals surface area contributed by atoms with Gasteiger partial charge in [-0.2, -0.15) is 0 Å². The van der Waals surface area contributed by atoms with Crippen molar-refractivity contribution in [1.29, 1.82) is 0 Å². The summed E-state index contributed by atoms with van der Waals surface area (Å²) in [6.07, 6.45) is 4.16. The zero-order valence-corrected chi connectivity index (χ0v) is 17.3. The molecule has 1 aromatic heterocycles. The largest absolute Gasteiger partial charge is 0.463 e. The molecule has 2 heterocycles. The zero-order valence-electron chi connectivity index (χ0n) is 16.6. The van der Waals surface area contributed by atoms with Crippen molar-refractivity contribution in [2.24, 2.45) is 5.92 Å². The van der Waals surface area contributed by atoms with E-state index in [4.69, 9.17) is 26.5 Å². The lowest BCUT2D eigenvalue weighted by molar-refractivity contribution is 0.0180. The van der Waals surface area contributed by atoms with Crippen LogP contribution in [0.2, 0.25) is 5.02 Å². The van der Waals surface area contributed by atoms with Crippen LogP contribution < -0.4 is 5.73 Å². The van der Waals surface area contributed by atoms with Crippen molar-refractivity contribution in [3.8, 4) is 0 Å². The molecule has 1 aliphatic rings. The van der Waals surface area contributed by atoms with Gasteiger partial charge in [0.2, 0.25) is 0 Å². The smallest absolute Gasteiger partial charge is 0.410 e. The highest BCUT2D eigenvalue weighted by Crippen LogP contribution is 2.34. The third kappa shape index (κ3) is 4.61. The Hall–Kier alpha value is -2.21. The van der Waals surface area contributed by atoms with Gasteiger partial charge in [-0.05, 0) is 58.1 Å². The zero-order chi connectivity index (χ0) is 20.5. The number of anilines is 1. The van der Waals surface area contributed by atoms with E-state index < -0.39 is 5.60 Å². The van der Waals surface area contributed by atoms with Crippen LogP contribution >= 0.6 is 11.6 Å². The number of rotatable bonds is 4. The van der Waals surface area contributed by atoms with Crippen LogP contribution in [-0.2, 0) is 4.74 Å². The van der Waals surface area contributed by atoms with E-state index in [0.29, 0.717) is 52.7 Å². The maximum Gasteiger partial charge on any atom is 0.410 e. The first-order valence-corrected chi connectivity index (χ1v) is 10.00. The predicted octanol–water partition coefficient (Wildman–Crippen LogP) is 5.28. The molecule has 0 spiro atoms. The molecule has 2 aromatic rings. The van der Waals surface area contributed by atoms with Crippen molar-refractivity contribution < 1.29 is 18.7 Å². The van der Waals surface area contributed by atoms with E-state index in [2.05, 4.69) is 0 Å². The second kappa shape index (κ2) is 8.03. The molecular weight excluding hydrogens is 380 g/mol. The van der Waals surface area contributed by atoms with Gasteiger partial charge in [0.05, 0.1) is 22.5 Å². The fraction of sp³-hybridized carbons (Fsp3) is 0.524. The van der Waals surface area contributed by atoms with Gasteiger partial charge in [-0.15, -0.1) is 0 Å². The minimum absolute atomic E-state index is 0.00331. The molecule has 28 heavy (non-hydrogen) atoms. The molecular formula is C21H27ClN2O4. The maximum absolute atomic E-state index is 12.7. The Labute approximate surface area is 169 Å². The van der Waals surface area contributed by atoms with E-state index in [9.17, 15) is 9.59 Å². The standard InChI is InChI=1S/C21H27ClN2O4/c1-21(2,3)28-20(26)24-9-6-13(7-10-24)4-5-17(25)15-12-16(22)18(23)14-8-11-27-19(14)15/h8,11-13H,4-7,9-10,23H2,1-3H3. The molecule has 6 nitrogen and oxygen atoms in total. The van der Waals surface area contributed by atoms with Gasteiger partial charge in [0, 0.05) is 24.9 Å². The molecule has 1 saturated heterocycles. The summed E-state index contributed by atoms with van der Waals surface area (Å²) < 4.78 is 10.9. The number of carbonyl (C=O) groups excluding carboxylic acids is 2. The molecule has 152 valence electrons. The van der Waals surface area contributed by atoms with E-state index in [1.165, 1.54) is 6.26 Å². The Balaban J connectivity index is 1.55. The molecule has 1 amide bonds. The Morgan fingerprint density at radius 1 is 1.32 bits per heavy atom. The molecule has 0 atom stereocenters. The topological polar surface area (TPSA) is 85.8 Å². The summed E-state index contributed by atoms with van der Waals surface area (Å²) in [5.41, 5.74) is 6.86. The number of ether oxygens (including phenoxy) is 1. The quantitative estimate of drug-likeness (QED) is 0.551. The lowest BCUT2D eigenvalue weighted by atomic mass is 9.90. The molecule has 7 heteroatoms. The fourth-order valence-corrected chi connectivity index (χ4v) is 3.75. The first-order valence-electron chi connectivity index (χ1n) is 9.62. The van der Waals surface area contributed by atoms with Gasteiger partial charge in [0.15, 0.2) is 5.78 Å². The number of nitrogens with zero attached hydrogens (tertiary/aromatic N) is 1. The molecule has 1 fully saturated rings. The number of benzene rings is 1. The number of nitrogens with two attached hydrogens (primary N) is 1.